The third-order valence-electron chi connectivity index (χ3n) is 4.78. The zero-order chi connectivity index (χ0) is 22.2. The summed E-state index contributed by atoms with van der Waals surface area (Å²) in [5, 5.41) is 9.21. The number of amides is 2. The molecule has 4 aromatic rings. The molecule has 0 atom stereocenters. The summed E-state index contributed by atoms with van der Waals surface area (Å²) < 4.78 is 7.04. The summed E-state index contributed by atoms with van der Waals surface area (Å²) in [5.74, 6) is 0.858. The fraction of sp³-hybridized carbons (Fsp3) is 0.217. The van der Waals surface area contributed by atoms with E-state index in [0.717, 1.165) is 5.56 Å². The summed E-state index contributed by atoms with van der Waals surface area (Å²) in [4.78, 5) is 29.4. The number of carbonyl (C=O) groups excluding carboxylic acids is 2. The predicted molar refractivity (Wildman–Crippen MR) is 118 cm³/mol. The van der Waals surface area contributed by atoms with E-state index in [1.54, 1.807) is 40.9 Å². The number of rotatable bonds is 4. The first-order valence-corrected chi connectivity index (χ1v) is 9.84. The van der Waals surface area contributed by atoms with Gasteiger partial charge in [-0.25, -0.2) is 9.78 Å². The van der Waals surface area contributed by atoms with E-state index in [1.807, 2.05) is 46.0 Å². The van der Waals surface area contributed by atoms with Crippen LogP contribution in [0.3, 0.4) is 0 Å². The van der Waals surface area contributed by atoms with Crippen LogP contribution < -0.4 is 10.6 Å². The smallest absolute Gasteiger partial charge is 0.324 e. The van der Waals surface area contributed by atoms with Crippen LogP contribution in [-0.2, 0) is 5.41 Å². The van der Waals surface area contributed by atoms with Gasteiger partial charge in [-0.2, -0.15) is 0 Å². The van der Waals surface area contributed by atoms with E-state index in [9.17, 15) is 9.59 Å². The number of hydrogen-bond donors (Lipinski definition) is 2. The van der Waals surface area contributed by atoms with E-state index in [1.165, 1.54) is 0 Å². The van der Waals surface area contributed by atoms with Crippen LogP contribution in [0.25, 0.3) is 5.65 Å². The summed E-state index contributed by atoms with van der Waals surface area (Å²) in [5.41, 5.74) is 3.07. The quantitative estimate of drug-likeness (QED) is 0.464. The number of hydrogen-bond acceptors (Lipinski definition) is 5. The molecule has 0 unspecified atom stereocenters. The Kier molecular flexibility index (Phi) is 5.06. The molecule has 0 aliphatic carbocycles. The molecule has 3 heterocycles. The van der Waals surface area contributed by atoms with Crippen molar-refractivity contribution in [3.8, 4) is 0 Å². The highest BCUT2D eigenvalue weighted by atomic mass is 16.5. The summed E-state index contributed by atoms with van der Waals surface area (Å²) in [7, 11) is 0. The van der Waals surface area contributed by atoms with E-state index in [0.29, 0.717) is 34.2 Å². The number of aryl methyl sites for hydroxylation is 1. The van der Waals surface area contributed by atoms with E-state index in [-0.39, 0.29) is 11.2 Å². The van der Waals surface area contributed by atoms with Gasteiger partial charge in [0.2, 0.25) is 5.78 Å². The number of imidazole rings is 1. The van der Waals surface area contributed by atoms with E-state index >= 15 is 0 Å². The first kappa shape index (κ1) is 20.3. The van der Waals surface area contributed by atoms with Crippen LogP contribution in [0.4, 0.5) is 16.3 Å². The average Bonchev–Trinajstić information content (AvgIpc) is 3.34. The minimum absolute atomic E-state index is 0.147. The second kappa shape index (κ2) is 7.71. The zero-order valence-electron chi connectivity index (χ0n) is 17.8. The molecule has 0 spiro atoms. The number of ketones is 1. The monoisotopic (exact) mass is 417 g/mol. The molecule has 0 radical (unpaired) electrons. The average molecular weight is 417 g/mol. The molecule has 0 fully saturated rings. The van der Waals surface area contributed by atoms with Crippen molar-refractivity contribution in [3.63, 3.8) is 0 Å². The summed E-state index contributed by atoms with van der Waals surface area (Å²) in [6.07, 6.45) is 3.45. The topological polar surface area (TPSA) is 102 Å². The van der Waals surface area contributed by atoms with E-state index in [2.05, 4.69) is 20.8 Å². The van der Waals surface area contributed by atoms with Crippen molar-refractivity contribution in [2.75, 3.05) is 10.6 Å². The summed E-state index contributed by atoms with van der Waals surface area (Å²) in [6.45, 7) is 7.94. The molecule has 31 heavy (non-hydrogen) atoms. The number of pyridine rings is 1. The van der Waals surface area contributed by atoms with Crippen LogP contribution >= 0.6 is 0 Å². The molecule has 1 aromatic carbocycles. The fourth-order valence-corrected chi connectivity index (χ4v) is 3.07. The van der Waals surface area contributed by atoms with Gasteiger partial charge in [-0.15, -0.1) is 0 Å². The Labute approximate surface area is 179 Å². The Morgan fingerprint density at radius 2 is 1.77 bits per heavy atom. The minimum Gasteiger partial charge on any atom is -0.359 e. The van der Waals surface area contributed by atoms with Crippen LogP contribution in [0.15, 0.2) is 59.4 Å². The Balaban J connectivity index is 1.44. The highest BCUT2D eigenvalue weighted by Crippen LogP contribution is 2.24. The van der Waals surface area contributed by atoms with Gasteiger partial charge in [0.05, 0.1) is 6.20 Å². The number of anilines is 2. The summed E-state index contributed by atoms with van der Waals surface area (Å²) >= 11 is 0. The lowest BCUT2D eigenvalue weighted by Gasteiger charge is -2.12. The Bertz CT molecular complexity index is 1260. The number of fused-ring (bicyclic) bond motifs is 1. The van der Waals surface area contributed by atoms with Crippen molar-refractivity contribution in [2.45, 2.75) is 33.1 Å². The molecule has 158 valence electrons. The molecule has 2 N–H and O–H groups in total. The highest BCUT2D eigenvalue weighted by molar-refractivity contribution is 6.08. The first-order chi connectivity index (χ1) is 14.7. The van der Waals surface area contributed by atoms with Crippen LogP contribution in [0.5, 0.6) is 0 Å². The van der Waals surface area contributed by atoms with Crippen molar-refractivity contribution >= 4 is 29.0 Å². The second-order valence-electron chi connectivity index (χ2n) is 8.39. The number of benzene rings is 1. The van der Waals surface area contributed by atoms with Crippen molar-refractivity contribution in [1.29, 1.82) is 0 Å². The molecule has 2 amide bonds. The third-order valence-corrected chi connectivity index (χ3v) is 4.78. The van der Waals surface area contributed by atoms with Crippen molar-refractivity contribution in [3.05, 3.63) is 77.4 Å². The number of nitrogens with one attached hydrogen (secondary N) is 2. The lowest BCUT2D eigenvalue weighted by atomic mass is 9.93. The van der Waals surface area contributed by atoms with Gasteiger partial charge in [-0.1, -0.05) is 32.0 Å². The maximum absolute atomic E-state index is 12.9. The van der Waals surface area contributed by atoms with Gasteiger partial charge in [-0.3, -0.25) is 14.5 Å². The van der Waals surface area contributed by atoms with Crippen LogP contribution in [0, 0.1) is 6.92 Å². The molecule has 8 nitrogen and oxygen atoms in total. The van der Waals surface area contributed by atoms with Gasteiger partial charge in [0.25, 0.3) is 0 Å². The maximum Gasteiger partial charge on any atom is 0.324 e. The third kappa shape index (κ3) is 4.32. The van der Waals surface area contributed by atoms with Gasteiger partial charge >= 0.3 is 6.03 Å². The molecule has 0 saturated heterocycles. The first-order valence-electron chi connectivity index (χ1n) is 9.84. The molecule has 0 saturated carbocycles. The van der Waals surface area contributed by atoms with Gasteiger partial charge < -0.3 is 9.84 Å². The number of nitrogens with zero attached hydrogens (tertiary/aromatic N) is 3. The van der Waals surface area contributed by atoms with Crippen LogP contribution in [0.2, 0.25) is 0 Å². The Morgan fingerprint density at radius 3 is 2.45 bits per heavy atom. The highest BCUT2D eigenvalue weighted by Gasteiger charge is 2.20. The number of carbonyl (C=O) groups is 2. The molecule has 4 rings (SSSR count). The van der Waals surface area contributed by atoms with E-state index in [4.69, 9.17) is 4.52 Å². The fourth-order valence-electron chi connectivity index (χ4n) is 3.07. The molecular weight excluding hydrogens is 394 g/mol. The van der Waals surface area contributed by atoms with E-state index < -0.39 is 6.03 Å². The standard InChI is InChI=1S/C23H23N5O3/c1-14-5-10-20-24-12-17(28(20)13-14)21(29)15-6-8-16(9-7-15)25-22(30)26-19-11-18(31-27-19)23(2,3)4/h5-13H,1-4H3,(H2,25,26,27,30). The Morgan fingerprint density at radius 1 is 1.03 bits per heavy atom. The van der Waals surface area contributed by atoms with Crippen LogP contribution in [-0.4, -0.2) is 26.4 Å². The van der Waals surface area contributed by atoms with Crippen LogP contribution in [0.1, 0.15) is 48.1 Å². The van der Waals surface area contributed by atoms with Crippen molar-refractivity contribution in [2.24, 2.45) is 0 Å². The number of urea groups is 1. The maximum atomic E-state index is 12.9. The molecule has 0 aliphatic rings. The SMILES string of the molecule is Cc1ccc2ncc(C(=O)c3ccc(NC(=O)Nc4cc(C(C)(C)C)on4)cc3)n2c1. The predicted octanol–water partition coefficient (Wildman–Crippen LogP) is 4.80. The van der Waals surface area contributed by atoms with Crippen molar-refractivity contribution in [1.82, 2.24) is 14.5 Å². The molecule has 8 heteroatoms. The Hall–Kier alpha value is -3.94. The van der Waals surface area contributed by atoms with Gasteiger partial charge in [0, 0.05) is 28.9 Å². The minimum atomic E-state index is -0.454. The lowest BCUT2D eigenvalue weighted by Crippen LogP contribution is -2.19. The molecule has 3 aromatic heterocycles. The normalized spacial score (nSPS) is 11.5. The van der Waals surface area contributed by atoms with Gasteiger partial charge in [0.15, 0.2) is 5.82 Å². The van der Waals surface area contributed by atoms with Crippen molar-refractivity contribution < 1.29 is 14.1 Å². The molecule has 0 bridgehead atoms. The second-order valence-corrected chi connectivity index (χ2v) is 8.39. The lowest BCUT2D eigenvalue weighted by molar-refractivity contribution is 0.103. The largest absolute Gasteiger partial charge is 0.359 e. The molecule has 0 aliphatic heterocycles. The summed E-state index contributed by atoms with van der Waals surface area (Å²) in [6, 6.07) is 11.7. The zero-order valence-corrected chi connectivity index (χ0v) is 17.8. The molecular formula is C23H23N5O3. The van der Waals surface area contributed by atoms with Gasteiger partial charge in [0.1, 0.15) is 17.1 Å². The number of aromatic nitrogens is 3. The van der Waals surface area contributed by atoms with Gasteiger partial charge in [-0.05, 0) is 42.8 Å².